The first-order valence-corrected chi connectivity index (χ1v) is 13.2. The SMILES string of the molecule is Cc1cccc(C)c1CC(=O)C[N+]1(Cc2ccccc2)CCCC(C(=O)N2CCCCCC2)C1. The third-order valence-corrected chi connectivity index (χ3v) is 7.95. The van der Waals surface area contributed by atoms with Crippen molar-refractivity contribution < 1.29 is 14.1 Å². The summed E-state index contributed by atoms with van der Waals surface area (Å²) >= 11 is 0. The first kappa shape index (κ1) is 24.7. The number of Topliss-reactive ketones (excluding diaryl/α,β-unsaturated/α-hetero) is 1. The van der Waals surface area contributed by atoms with E-state index in [1.165, 1.54) is 35.1 Å². The van der Waals surface area contributed by atoms with Gasteiger partial charge in [-0.25, -0.2) is 0 Å². The molecule has 2 saturated heterocycles. The minimum atomic E-state index is 0.0311. The van der Waals surface area contributed by atoms with Gasteiger partial charge in [0.2, 0.25) is 5.91 Å². The second-order valence-electron chi connectivity index (χ2n) is 10.7. The van der Waals surface area contributed by atoms with Crippen LogP contribution in [-0.4, -0.2) is 53.8 Å². The minimum absolute atomic E-state index is 0.0311. The van der Waals surface area contributed by atoms with Crippen LogP contribution in [0.2, 0.25) is 0 Å². The lowest BCUT2D eigenvalue weighted by Gasteiger charge is -2.44. The summed E-state index contributed by atoms with van der Waals surface area (Å²) in [7, 11) is 0. The standard InChI is InChI=1S/C30H41N2O2/c1-24-12-10-13-25(2)29(24)20-28(33)23-32(21-26-14-6-5-7-15-26)19-11-16-27(22-32)30(34)31-17-8-3-4-9-18-31/h5-7,10,12-15,27H,3-4,8-9,11,16-23H2,1-2H3/q+1. The van der Waals surface area contributed by atoms with Crippen LogP contribution in [0, 0.1) is 19.8 Å². The molecule has 2 aliphatic heterocycles. The summed E-state index contributed by atoms with van der Waals surface area (Å²) in [5.41, 5.74) is 4.80. The van der Waals surface area contributed by atoms with E-state index >= 15 is 0 Å². The van der Waals surface area contributed by atoms with Gasteiger partial charge in [0, 0.05) is 25.1 Å². The average Bonchev–Trinajstić information content (AvgIpc) is 3.11. The molecule has 0 bridgehead atoms. The zero-order valence-corrected chi connectivity index (χ0v) is 21.1. The molecular weight excluding hydrogens is 420 g/mol. The number of benzene rings is 2. The lowest BCUT2D eigenvalue weighted by molar-refractivity contribution is -0.940. The van der Waals surface area contributed by atoms with Gasteiger partial charge in [-0.15, -0.1) is 0 Å². The number of hydrogen-bond acceptors (Lipinski definition) is 2. The summed E-state index contributed by atoms with van der Waals surface area (Å²) in [5.74, 6) is 0.652. The number of likely N-dealkylation sites (tertiary alicyclic amines) is 2. The number of aryl methyl sites for hydroxylation is 2. The lowest BCUT2D eigenvalue weighted by Crippen LogP contribution is -2.58. The first-order valence-electron chi connectivity index (χ1n) is 13.2. The van der Waals surface area contributed by atoms with Crippen molar-refractivity contribution in [1.82, 2.24) is 4.90 Å². The van der Waals surface area contributed by atoms with Crippen LogP contribution in [0.3, 0.4) is 0 Å². The van der Waals surface area contributed by atoms with Crippen LogP contribution in [0.1, 0.15) is 60.8 Å². The number of ketones is 1. The van der Waals surface area contributed by atoms with Crippen LogP contribution >= 0.6 is 0 Å². The Kier molecular flexibility index (Phi) is 8.20. The van der Waals surface area contributed by atoms with Gasteiger partial charge in [-0.3, -0.25) is 9.59 Å². The van der Waals surface area contributed by atoms with Gasteiger partial charge in [0.15, 0.2) is 5.78 Å². The predicted octanol–water partition coefficient (Wildman–Crippen LogP) is 5.24. The van der Waals surface area contributed by atoms with E-state index in [1.807, 2.05) is 6.07 Å². The Morgan fingerprint density at radius 1 is 0.882 bits per heavy atom. The summed E-state index contributed by atoms with van der Waals surface area (Å²) in [5, 5.41) is 0. The molecule has 2 aliphatic rings. The van der Waals surface area contributed by atoms with E-state index in [0.717, 1.165) is 58.4 Å². The van der Waals surface area contributed by atoms with Gasteiger partial charge < -0.3 is 9.38 Å². The smallest absolute Gasteiger partial charge is 0.231 e. The Bertz CT molecular complexity index is 958. The van der Waals surface area contributed by atoms with Crippen LogP contribution in [-0.2, 0) is 22.6 Å². The van der Waals surface area contributed by atoms with Crippen LogP contribution in [0.4, 0.5) is 0 Å². The molecule has 34 heavy (non-hydrogen) atoms. The highest BCUT2D eigenvalue weighted by atomic mass is 16.2. The summed E-state index contributed by atoms with van der Waals surface area (Å²) in [6.07, 6.45) is 7.15. The number of carbonyl (C=O) groups excluding carboxylic acids is 2. The van der Waals surface area contributed by atoms with Gasteiger partial charge in [0.05, 0.1) is 19.0 Å². The molecule has 0 radical (unpaired) electrons. The molecule has 2 aromatic rings. The molecule has 4 rings (SSSR count). The lowest BCUT2D eigenvalue weighted by atomic mass is 9.91. The van der Waals surface area contributed by atoms with Crippen molar-refractivity contribution in [2.75, 3.05) is 32.7 Å². The molecule has 2 fully saturated rings. The average molecular weight is 462 g/mol. The molecule has 4 nitrogen and oxygen atoms in total. The third kappa shape index (κ3) is 6.15. The zero-order valence-electron chi connectivity index (χ0n) is 21.1. The number of quaternary nitrogens is 1. The molecule has 0 aromatic heterocycles. The summed E-state index contributed by atoms with van der Waals surface area (Å²) in [6.45, 7) is 9.08. The maximum atomic E-state index is 13.5. The van der Waals surface area contributed by atoms with E-state index in [0.29, 0.717) is 23.4 Å². The zero-order chi connectivity index (χ0) is 24.0. The van der Waals surface area contributed by atoms with Crippen LogP contribution in [0.5, 0.6) is 0 Å². The highest BCUT2D eigenvalue weighted by molar-refractivity contribution is 5.83. The van der Waals surface area contributed by atoms with Crippen LogP contribution in [0.25, 0.3) is 0 Å². The number of piperidine rings is 1. The molecule has 2 unspecified atom stereocenters. The van der Waals surface area contributed by atoms with Crippen LogP contribution in [0.15, 0.2) is 48.5 Å². The van der Waals surface area contributed by atoms with Gasteiger partial charge in [0.1, 0.15) is 13.1 Å². The molecule has 0 spiro atoms. The summed E-state index contributed by atoms with van der Waals surface area (Å²) < 4.78 is 0.706. The quantitative estimate of drug-likeness (QED) is 0.529. The molecule has 2 atom stereocenters. The predicted molar refractivity (Wildman–Crippen MR) is 137 cm³/mol. The normalized spacial score (nSPS) is 23.4. The number of amides is 1. The molecular formula is C30H41N2O2+. The Labute approximate surface area is 205 Å². The first-order chi connectivity index (χ1) is 16.5. The largest absolute Gasteiger partial charge is 0.342 e. The van der Waals surface area contributed by atoms with Crippen molar-refractivity contribution in [3.05, 3.63) is 70.8 Å². The van der Waals surface area contributed by atoms with E-state index in [1.54, 1.807) is 0 Å². The van der Waals surface area contributed by atoms with Crippen molar-refractivity contribution in [2.45, 2.75) is 65.3 Å². The van der Waals surface area contributed by atoms with E-state index in [9.17, 15) is 9.59 Å². The molecule has 0 N–H and O–H groups in total. The second kappa shape index (κ2) is 11.3. The Morgan fingerprint density at radius 2 is 1.56 bits per heavy atom. The molecule has 1 amide bonds. The third-order valence-electron chi connectivity index (χ3n) is 7.95. The van der Waals surface area contributed by atoms with Crippen molar-refractivity contribution in [3.8, 4) is 0 Å². The molecule has 0 saturated carbocycles. The van der Waals surface area contributed by atoms with E-state index in [-0.39, 0.29) is 11.7 Å². The maximum absolute atomic E-state index is 13.5. The number of rotatable bonds is 7. The maximum Gasteiger partial charge on any atom is 0.231 e. The highest BCUT2D eigenvalue weighted by Gasteiger charge is 2.41. The van der Waals surface area contributed by atoms with Gasteiger partial charge in [-0.1, -0.05) is 61.4 Å². The number of carbonyl (C=O) groups is 2. The van der Waals surface area contributed by atoms with Crippen molar-refractivity contribution in [3.63, 3.8) is 0 Å². The fourth-order valence-electron chi connectivity index (χ4n) is 6.14. The molecule has 4 heteroatoms. The van der Waals surface area contributed by atoms with Gasteiger partial charge in [-0.05, 0) is 56.2 Å². The Hall–Kier alpha value is -2.46. The monoisotopic (exact) mass is 461 g/mol. The Balaban J connectivity index is 1.54. The molecule has 2 aromatic carbocycles. The van der Waals surface area contributed by atoms with E-state index in [4.69, 9.17) is 0 Å². The molecule has 2 heterocycles. The van der Waals surface area contributed by atoms with Crippen molar-refractivity contribution >= 4 is 11.7 Å². The van der Waals surface area contributed by atoms with Gasteiger partial charge in [-0.2, -0.15) is 0 Å². The van der Waals surface area contributed by atoms with E-state index in [2.05, 4.69) is 61.2 Å². The van der Waals surface area contributed by atoms with Crippen molar-refractivity contribution in [1.29, 1.82) is 0 Å². The fourth-order valence-corrected chi connectivity index (χ4v) is 6.14. The molecule has 0 aliphatic carbocycles. The van der Waals surface area contributed by atoms with E-state index < -0.39 is 0 Å². The Morgan fingerprint density at radius 3 is 2.24 bits per heavy atom. The minimum Gasteiger partial charge on any atom is -0.342 e. The van der Waals surface area contributed by atoms with Crippen LogP contribution < -0.4 is 0 Å². The van der Waals surface area contributed by atoms with Gasteiger partial charge >= 0.3 is 0 Å². The molecule has 182 valence electrons. The topological polar surface area (TPSA) is 37.4 Å². The van der Waals surface area contributed by atoms with Gasteiger partial charge in [0.25, 0.3) is 0 Å². The second-order valence-corrected chi connectivity index (χ2v) is 10.7. The number of hydrogen-bond donors (Lipinski definition) is 0. The summed E-state index contributed by atoms with van der Waals surface area (Å²) in [6, 6.07) is 16.8. The number of nitrogens with zero attached hydrogens (tertiary/aromatic N) is 2. The fraction of sp³-hybridized carbons (Fsp3) is 0.533. The van der Waals surface area contributed by atoms with Crippen molar-refractivity contribution in [2.24, 2.45) is 5.92 Å². The highest BCUT2D eigenvalue weighted by Crippen LogP contribution is 2.29. The summed E-state index contributed by atoms with van der Waals surface area (Å²) in [4.78, 5) is 29.2.